The minimum atomic E-state index is -0.493. The van der Waals surface area contributed by atoms with Gasteiger partial charge < -0.3 is 19.0 Å². The van der Waals surface area contributed by atoms with Crippen molar-refractivity contribution in [1.82, 2.24) is 9.80 Å². The molecule has 0 aromatic carbocycles. The molecule has 2 aliphatic rings. The summed E-state index contributed by atoms with van der Waals surface area (Å²) in [6.07, 6.45) is 1.13. The van der Waals surface area contributed by atoms with Gasteiger partial charge in [-0.25, -0.2) is 4.79 Å². The van der Waals surface area contributed by atoms with Gasteiger partial charge in [-0.2, -0.15) is 0 Å². The van der Waals surface area contributed by atoms with Crippen LogP contribution in [0.3, 0.4) is 0 Å². The SMILES string of the molecule is CC(C)(C)OC(=O)N1CC2CN(C(=O)c3occc3Cl)CC2C1. The van der Waals surface area contributed by atoms with Crippen LogP contribution in [-0.4, -0.2) is 53.6 Å². The number of carbonyl (C=O) groups is 2. The van der Waals surface area contributed by atoms with Crippen molar-refractivity contribution in [2.45, 2.75) is 26.4 Å². The number of nitrogens with zero attached hydrogens (tertiary/aromatic N) is 2. The second-order valence-corrected chi connectivity index (χ2v) is 7.62. The molecule has 0 saturated carbocycles. The van der Waals surface area contributed by atoms with Gasteiger partial charge >= 0.3 is 6.09 Å². The maximum Gasteiger partial charge on any atom is 0.410 e. The van der Waals surface area contributed by atoms with Gasteiger partial charge in [0.1, 0.15) is 5.60 Å². The molecule has 2 atom stereocenters. The molecule has 0 spiro atoms. The number of halogens is 1. The molecule has 2 amide bonds. The maximum atomic E-state index is 12.4. The molecule has 1 aromatic rings. The van der Waals surface area contributed by atoms with E-state index in [4.69, 9.17) is 20.8 Å². The van der Waals surface area contributed by atoms with Crippen molar-refractivity contribution in [3.8, 4) is 0 Å². The van der Waals surface area contributed by atoms with E-state index in [0.717, 1.165) is 0 Å². The van der Waals surface area contributed by atoms with Crippen molar-refractivity contribution < 1.29 is 18.7 Å². The molecule has 0 radical (unpaired) electrons. The van der Waals surface area contributed by atoms with Crippen molar-refractivity contribution >= 4 is 23.6 Å². The molecule has 3 heterocycles. The Morgan fingerprint density at radius 3 is 2.22 bits per heavy atom. The third kappa shape index (κ3) is 3.32. The predicted octanol–water partition coefficient (Wildman–Crippen LogP) is 2.87. The van der Waals surface area contributed by atoms with E-state index in [1.165, 1.54) is 6.26 Å². The summed E-state index contributed by atoms with van der Waals surface area (Å²) in [6, 6.07) is 1.57. The summed E-state index contributed by atoms with van der Waals surface area (Å²) in [5.74, 6) is 0.564. The molecule has 7 heteroatoms. The van der Waals surface area contributed by atoms with Crippen LogP contribution in [0.4, 0.5) is 4.79 Å². The van der Waals surface area contributed by atoms with Crippen molar-refractivity contribution in [1.29, 1.82) is 0 Å². The molecule has 23 heavy (non-hydrogen) atoms. The highest BCUT2D eigenvalue weighted by atomic mass is 35.5. The normalized spacial score (nSPS) is 24.0. The molecule has 126 valence electrons. The lowest BCUT2D eigenvalue weighted by atomic mass is 10.0. The van der Waals surface area contributed by atoms with Gasteiger partial charge in [-0.15, -0.1) is 0 Å². The molecule has 0 bridgehead atoms. The number of amides is 2. The summed E-state index contributed by atoms with van der Waals surface area (Å²) in [6.45, 7) is 8.03. The van der Waals surface area contributed by atoms with E-state index in [1.54, 1.807) is 15.9 Å². The fraction of sp³-hybridized carbons (Fsp3) is 0.625. The first-order valence-corrected chi connectivity index (χ1v) is 8.12. The Kier molecular flexibility index (Phi) is 4.04. The van der Waals surface area contributed by atoms with Gasteiger partial charge in [-0.3, -0.25) is 4.79 Å². The zero-order valence-corrected chi connectivity index (χ0v) is 14.3. The number of ether oxygens (including phenoxy) is 1. The van der Waals surface area contributed by atoms with Crippen LogP contribution in [0.1, 0.15) is 31.3 Å². The minimum absolute atomic E-state index is 0.182. The van der Waals surface area contributed by atoms with E-state index in [1.807, 2.05) is 20.8 Å². The Morgan fingerprint density at radius 1 is 1.17 bits per heavy atom. The number of rotatable bonds is 1. The molecule has 2 aliphatic heterocycles. The average Bonchev–Trinajstić information content (AvgIpc) is 3.08. The lowest BCUT2D eigenvalue weighted by molar-refractivity contribution is 0.0275. The summed E-state index contributed by atoms with van der Waals surface area (Å²) in [5.41, 5.74) is -0.493. The quantitative estimate of drug-likeness (QED) is 0.788. The van der Waals surface area contributed by atoms with Crippen molar-refractivity contribution in [2.75, 3.05) is 26.2 Å². The first-order valence-electron chi connectivity index (χ1n) is 7.75. The lowest BCUT2D eigenvalue weighted by Crippen LogP contribution is -2.38. The Labute approximate surface area is 140 Å². The molecular weight excluding hydrogens is 320 g/mol. The summed E-state index contributed by atoms with van der Waals surface area (Å²) in [5, 5.41) is 0.336. The van der Waals surface area contributed by atoms with Crippen molar-refractivity contribution in [3.05, 3.63) is 23.1 Å². The standard InChI is InChI=1S/C16H21ClN2O4/c1-16(2,3)23-15(21)19-8-10-6-18(7-11(10)9-19)14(20)13-12(17)4-5-22-13/h4-5,10-11H,6-9H2,1-3H3. The predicted molar refractivity (Wildman–Crippen MR) is 84.4 cm³/mol. The van der Waals surface area contributed by atoms with Crippen molar-refractivity contribution in [3.63, 3.8) is 0 Å². The minimum Gasteiger partial charge on any atom is -0.458 e. The van der Waals surface area contributed by atoms with E-state index >= 15 is 0 Å². The summed E-state index contributed by atoms with van der Waals surface area (Å²) in [7, 11) is 0. The van der Waals surface area contributed by atoms with Crippen LogP contribution in [0.15, 0.2) is 16.7 Å². The Morgan fingerprint density at radius 2 is 1.74 bits per heavy atom. The molecule has 0 N–H and O–H groups in total. The monoisotopic (exact) mass is 340 g/mol. The van der Waals surface area contributed by atoms with Crippen LogP contribution in [-0.2, 0) is 4.74 Å². The lowest BCUT2D eigenvalue weighted by Gasteiger charge is -2.25. The van der Waals surface area contributed by atoms with E-state index < -0.39 is 5.60 Å². The molecule has 6 nitrogen and oxygen atoms in total. The van der Waals surface area contributed by atoms with Crippen LogP contribution in [0.25, 0.3) is 0 Å². The van der Waals surface area contributed by atoms with Gasteiger partial charge in [0.15, 0.2) is 0 Å². The Bertz CT molecular complexity index is 608. The number of fused-ring (bicyclic) bond motifs is 1. The highest BCUT2D eigenvalue weighted by Gasteiger charge is 2.44. The van der Waals surface area contributed by atoms with Gasteiger partial charge in [-0.1, -0.05) is 11.6 Å². The molecule has 2 fully saturated rings. The number of furan rings is 1. The van der Waals surface area contributed by atoms with E-state index in [0.29, 0.717) is 31.2 Å². The molecule has 0 aliphatic carbocycles. The number of likely N-dealkylation sites (tertiary alicyclic amines) is 2. The third-order valence-corrected chi connectivity index (χ3v) is 4.53. The topological polar surface area (TPSA) is 63.0 Å². The van der Waals surface area contributed by atoms with Gasteiger partial charge in [0.05, 0.1) is 11.3 Å². The van der Waals surface area contributed by atoms with E-state index in [2.05, 4.69) is 0 Å². The fourth-order valence-electron chi connectivity index (χ4n) is 3.22. The number of carbonyl (C=O) groups excluding carboxylic acids is 2. The second kappa shape index (κ2) is 5.74. The molecule has 3 rings (SSSR count). The van der Waals surface area contributed by atoms with Gasteiger partial charge in [0.2, 0.25) is 5.76 Å². The Balaban J connectivity index is 1.59. The van der Waals surface area contributed by atoms with Crippen LogP contribution < -0.4 is 0 Å². The largest absolute Gasteiger partial charge is 0.458 e. The van der Waals surface area contributed by atoms with Gasteiger partial charge in [0.25, 0.3) is 5.91 Å². The van der Waals surface area contributed by atoms with E-state index in [-0.39, 0.29) is 29.6 Å². The van der Waals surface area contributed by atoms with Crippen LogP contribution in [0.2, 0.25) is 5.02 Å². The van der Waals surface area contributed by atoms with Gasteiger partial charge in [0, 0.05) is 38.0 Å². The number of hydrogen-bond acceptors (Lipinski definition) is 4. The Hall–Kier alpha value is -1.69. The highest BCUT2D eigenvalue weighted by Crippen LogP contribution is 2.33. The van der Waals surface area contributed by atoms with Crippen LogP contribution in [0, 0.1) is 11.8 Å². The summed E-state index contributed by atoms with van der Waals surface area (Å²) < 4.78 is 10.6. The molecule has 2 saturated heterocycles. The van der Waals surface area contributed by atoms with Crippen LogP contribution >= 0.6 is 11.6 Å². The van der Waals surface area contributed by atoms with Gasteiger partial charge in [-0.05, 0) is 26.8 Å². The smallest absolute Gasteiger partial charge is 0.410 e. The molecular formula is C16H21ClN2O4. The summed E-state index contributed by atoms with van der Waals surface area (Å²) >= 11 is 5.95. The van der Waals surface area contributed by atoms with E-state index in [9.17, 15) is 9.59 Å². The maximum absolute atomic E-state index is 12.4. The third-order valence-electron chi connectivity index (χ3n) is 4.24. The first kappa shape index (κ1) is 16.2. The zero-order chi connectivity index (χ0) is 16.8. The molecule has 2 unspecified atom stereocenters. The van der Waals surface area contributed by atoms with Crippen LogP contribution in [0.5, 0.6) is 0 Å². The first-order chi connectivity index (χ1) is 10.7. The number of hydrogen-bond donors (Lipinski definition) is 0. The highest BCUT2D eigenvalue weighted by molar-refractivity contribution is 6.33. The summed E-state index contributed by atoms with van der Waals surface area (Å²) in [4.78, 5) is 28.0. The fourth-order valence-corrected chi connectivity index (χ4v) is 3.40. The zero-order valence-electron chi connectivity index (χ0n) is 13.5. The van der Waals surface area contributed by atoms with Crippen molar-refractivity contribution in [2.24, 2.45) is 11.8 Å². The second-order valence-electron chi connectivity index (χ2n) is 7.21. The average molecular weight is 341 g/mol. The molecule has 1 aromatic heterocycles.